The number of rotatable bonds is 5. The largest absolute Gasteiger partial charge is 0.456 e. The Balaban J connectivity index is 1.14. The van der Waals surface area contributed by atoms with E-state index in [0.29, 0.717) is 17.5 Å². The Labute approximate surface area is 348 Å². The molecule has 0 fully saturated rings. The fraction of sp³-hybridized carbons (Fsp3) is 0. The number of fused-ring (bicyclic) bond motifs is 11. The Morgan fingerprint density at radius 2 is 0.984 bits per heavy atom. The minimum atomic E-state index is 0.551. The molecule has 61 heavy (non-hydrogen) atoms. The van der Waals surface area contributed by atoms with Crippen molar-refractivity contribution < 1.29 is 8.83 Å². The van der Waals surface area contributed by atoms with Crippen molar-refractivity contribution >= 4 is 76.5 Å². The average Bonchev–Trinajstić information content (AvgIpc) is 4.01. The van der Waals surface area contributed by atoms with E-state index in [9.17, 15) is 0 Å². The lowest BCUT2D eigenvalue weighted by atomic mass is 9.98. The molecule has 6 nitrogen and oxygen atoms in total. The maximum atomic E-state index is 6.77. The molecule has 0 aliphatic rings. The van der Waals surface area contributed by atoms with Gasteiger partial charge in [0.15, 0.2) is 17.5 Å². The molecular formula is C55H32N4O2. The van der Waals surface area contributed by atoms with Gasteiger partial charge in [0.2, 0.25) is 0 Å². The van der Waals surface area contributed by atoms with Crippen LogP contribution < -0.4 is 0 Å². The smallest absolute Gasteiger partial charge is 0.164 e. The molecule has 0 N–H and O–H groups in total. The quantitative estimate of drug-likeness (QED) is 0.174. The van der Waals surface area contributed by atoms with Crippen LogP contribution in [0.3, 0.4) is 0 Å². The van der Waals surface area contributed by atoms with E-state index in [1.807, 2.05) is 72.8 Å². The number of para-hydroxylation sites is 2. The molecule has 0 saturated carbocycles. The van der Waals surface area contributed by atoms with Crippen LogP contribution in [0.5, 0.6) is 0 Å². The summed E-state index contributed by atoms with van der Waals surface area (Å²) in [5, 5.41) is 8.70. The van der Waals surface area contributed by atoms with Crippen molar-refractivity contribution in [3.05, 3.63) is 194 Å². The Bertz CT molecular complexity index is 3880. The van der Waals surface area contributed by atoms with Crippen LogP contribution in [0.4, 0.5) is 0 Å². The van der Waals surface area contributed by atoms with Gasteiger partial charge < -0.3 is 13.4 Å². The van der Waals surface area contributed by atoms with Crippen LogP contribution in [-0.4, -0.2) is 19.5 Å². The molecule has 13 rings (SSSR count). The highest BCUT2D eigenvalue weighted by Gasteiger charge is 2.23. The number of hydrogen-bond acceptors (Lipinski definition) is 5. The lowest BCUT2D eigenvalue weighted by molar-refractivity contribution is 0.668. The van der Waals surface area contributed by atoms with Gasteiger partial charge in [-0.15, -0.1) is 0 Å². The molecule has 13 aromatic rings. The highest BCUT2D eigenvalue weighted by molar-refractivity contribution is 6.23. The number of aromatic nitrogens is 4. The highest BCUT2D eigenvalue weighted by Crippen LogP contribution is 2.44. The van der Waals surface area contributed by atoms with Crippen LogP contribution in [0.25, 0.3) is 127 Å². The molecule has 0 spiro atoms. The molecule has 0 unspecified atom stereocenters. The molecule has 9 aromatic carbocycles. The van der Waals surface area contributed by atoms with Crippen molar-refractivity contribution in [2.45, 2.75) is 0 Å². The topological polar surface area (TPSA) is 69.9 Å². The van der Waals surface area contributed by atoms with Gasteiger partial charge in [0.05, 0.1) is 16.7 Å². The first-order valence-electron chi connectivity index (χ1n) is 20.4. The van der Waals surface area contributed by atoms with Gasteiger partial charge in [0.25, 0.3) is 0 Å². The molecule has 6 heteroatoms. The minimum Gasteiger partial charge on any atom is -0.456 e. The summed E-state index contributed by atoms with van der Waals surface area (Å²) in [6.07, 6.45) is 0. The third-order valence-electron chi connectivity index (χ3n) is 12.0. The van der Waals surface area contributed by atoms with Crippen molar-refractivity contribution in [1.29, 1.82) is 0 Å². The number of nitrogens with zero attached hydrogens (tertiary/aromatic N) is 4. The maximum absolute atomic E-state index is 6.77. The molecule has 0 aliphatic heterocycles. The van der Waals surface area contributed by atoms with Gasteiger partial charge in [-0.3, -0.25) is 0 Å². The van der Waals surface area contributed by atoms with E-state index in [1.54, 1.807) is 0 Å². The standard InChI is InChI=1S/C55H32N4O2/c1-3-14-33(15-4-1)38-22-13-23-45-50(38)42-28-26-34-16-7-8-19-39(34)52(42)59(45)37-31-44(51-41-21-10-12-25-47(41)61-49(51)32-37)55-57-53(35-17-5-2-6-18-35)56-54(58-55)36-27-29-48-43(30-36)40-20-9-11-24-46(40)60-48/h1-32H. The normalized spacial score (nSPS) is 11.9. The summed E-state index contributed by atoms with van der Waals surface area (Å²) in [5.41, 5.74) is 11.3. The second kappa shape index (κ2) is 13.1. The summed E-state index contributed by atoms with van der Waals surface area (Å²) < 4.78 is 15.4. The Hall–Kier alpha value is -8.35. The second-order valence-corrected chi connectivity index (χ2v) is 15.5. The van der Waals surface area contributed by atoms with Gasteiger partial charge >= 0.3 is 0 Å². The maximum Gasteiger partial charge on any atom is 0.164 e. The Morgan fingerprint density at radius 3 is 1.80 bits per heavy atom. The summed E-state index contributed by atoms with van der Waals surface area (Å²) in [6, 6.07) is 67.4. The summed E-state index contributed by atoms with van der Waals surface area (Å²) in [4.78, 5) is 15.8. The Kier molecular flexibility index (Phi) is 7.21. The van der Waals surface area contributed by atoms with E-state index in [-0.39, 0.29) is 0 Å². The van der Waals surface area contributed by atoms with Gasteiger partial charge in [-0.1, -0.05) is 146 Å². The van der Waals surface area contributed by atoms with Crippen LogP contribution in [0.15, 0.2) is 203 Å². The van der Waals surface area contributed by atoms with E-state index < -0.39 is 0 Å². The van der Waals surface area contributed by atoms with Crippen molar-refractivity contribution in [2.24, 2.45) is 0 Å². The first-order valence-corrected chi connectivity index (χ1v) is 20.4. The van der Waals surface area contributed by atoms with Crippen molar-refractivity contribution in [1.82, 2.24) is 19.5 Å². The molecule has 0 atom stereocenters. The summed E-state index contributed by atoms with van der Waals surface area (Å²) in [6.45, 7) is 0. The fourth-order valence-corrected chi connectivity index (χ4v) is 9.31. The zero-order valence-corrected chi connectivity index (χ0v) is 32.6. The van der Waals surface area contributed by atoms with Gasteiger partial charge in [-0.05, 0) is 59.0 Å². The Morgan fingerprint density at radius 1 is 0.344 bits per heavy atom. The predicted molar refractivity (Wildman–Crippen MR) is 248 cm³/mol. The average molecular weight is 781 g/mol. The van der Waals surface area contributed by atoms with Crippen LogP contribution >= 0.6 is 0 Å². The lowest BCUT2D eigenvalue weighted by Gasteiger charge is -2.14. The number of benzene rings is 9. The number of furan rings is 2. The molecule has 4 heterocycles. The van der Waals surface area contributed by atoms with E-state index >= 15 is 0 Å². The van der Waals surface area contributed by atoms with Crippen LogP contribution in [0.1, 0.15) is 0 Å². The number of hydrogen-bond donors (Lipinski definition) is 0. The van der Waals surface area contributed by atoms with E-state index in [2.05, 4.69) is 126 Å². The van der Waals surface area contributed by atoms with E-state index in [0.717, 1.165) is 82.7 Å². The van der Waals surface area contributed by atoms with Crippen LogP contribution in [0, 0.1) is 0 Å². The molecule has 0 aliphatic carbocycles. The van der Waals surface area contributed by atoms with E-state index in [4.69, 9.17) is 23.8 Å². The summed E-state index contributed by atoms with van der Waals surface area (Å²) >= 11 is 0. The minimum absolute atomic E-state index is 0.551. The first kappa shape index (κ1) is 33.6. The molecule has 0 saturated heterocycles. The van der Waals surface area contributed by atoms with Crippen molar-refractivity contribution in [2.75, 3.05) is 0 Å². The molecule has 0 bridgehead atoms. The lowest BCUT2D eigenvalue weighted by Crippen LogP contribution is -2.02. The van der Waals surface area contributed by atoms with E-state index in [1.165, 1.54) is 27.3 Å². The third-order valence-corrected chi connectivity index (χ3v) is 12.0. The highest BCUT2D eigenvalue weighted by atomic mass is 16.3. The summed E-state index contributed by atoms with van der Waals surface area (Å²) in [5.74, 6) is 1.70. The summed E-state index contributed by atoms with van der Waals surface area (Å²) in [7, 11) is 0. The molecule has 284 valence electrons. The first-order chi connectivity index (χ1) is 30.2. The van der Waals surface area contributed by atoms with Crippen LogP contribution in [0.2, 0.25) is 0 Å². The zero-order valence-electron chi connectivity index (χ0n) is 32.6. The van der Waals surface area contributed by atoms with Gasteiger partial charge in [-0.2, -0.15) is 0 Å². The monoisotopic (exact) mass is 780 g/mol. The SMILES string of the molecule is c1ccc(-c2nc(-c3ccc4oc5ccccc5c4c3)nc(-c3cc(-n4c5cccc(-c6ccccc6)c5c5ccc6ccccc6c54)cc4oc5ccccc5c34)n2)cc1. The molecule has 0 amide bonds. The van der Waals surface area contributed by atoms with Crippen molar-refractivity contribution in [3.8, 4) is 51.0 Å². The molecule has 0 radical (unpaired) electrons. The van der Waals surface area contributed by atoms with Gasteiger partial charge in [0.1, 0.15) is 22.3 Å². The third kappa shape index (κ3) is 5.19. The fourth-order valence-electron chi connectivity index (χ4n) is 9.31. The van der Waals surface area contributed by atoms with Gasteiger partial charge in [-0.25, -0.2) is 15.0 Å². The van der Waals surface area contributed by atoms with Crippen molar-refractivity contribution in [3.63, 3.8) is 0 Å². The predicted octanol–water partition coefficient (Wildman–Crippen LogP) is 14.6. The van der Waals surface area contributed by atoms with Crippen LogP contribution in [-0.2, 0) is 0 Å². The molecular weight excluding hydrogens is 749 g/mol. The van der Waals surface area contributed by atoms with Gasteiger partial charge in [0, 0.05) is 60.5 Å². The molecule has 4 aromatic heterocycles. The second-order valence-electron chi connectivity index (χ2n) is 15.5. The zero-order chi connectivity index (χ0) is 40.0.